The van der Waals surface area contributed by atoms with E-state index >= 15 is 0 Å². The number of benzene rings is 1. The molecule has 0 amide bonds. The van der Waals surface area contributed by atoms with Crippen LogP contribution < -0.4 is 5.56 Å². The Bertz CT molecular complexity index is 614. The maximum Gasteiger partial charge on any atom is 0.256 e. The summed E-state index contributed by atoms with van der Waals surface area (Å²) in [5.74, 6) is -0.395. The monoisotopic (exact) mass is 233 g/mol. The van der Waals surface area contributed by atoms with Crippen molar-refractivity contribution in [3.8, 4) is 0 Å². The zero-order valence-corrected chi connectivity index (χ0v) is 9.20. The van der Waals surface area contributed by atoms with Gasteiger partial charge in [0.15, 0.2) is 0 Å². The van der Waals surface area contributed by atoms with E-state index in [2.05, 4.69) is 4.98 Å². The highest BCUT2D eigenvalue weighted by Gasteiger charge is 2.19. The molecule has 1 atom stereocenters. The number of H-pyrrole nitrogens is 1. The molecule has 2 heterocycles. The van der Waals surface area contributed by atoms with E-state index in [1.807, 2.05) is 6.07 Å². The average Bonchev–Trinajstić information content (AvgIpc) is 2.83. The predicted molar refractivity (Wildman–Crippen MR) is 62.5 cm³/mol. The van der Waals surface area contributed by atoms with Crippen LogP contribution in [-0.2, 0) is 4.74 Å². The largest absolute Gasteiger partial charge is 0.372 e. The Morgan fingerprint density at radius 3 is 3.00 bits per heavy atom. The van der Waals surface area contributed by atoms with Crippen LogP contribution >= 0.6 is 0 Å². The normalized spacial score (nSPS) is 19.9. The van der Waals surface area contributed by atoms with Crippen molar-refractivity contribution < 1.29 is 9.13 Å². The third-order valence-corrected chi connectivity index (χ3v) is 3.11. The van der Waals surface area contributed by atoms with Gasteiger partial charge in [-0.25, -0.2) is 4.39 Å². The lowest BCUT2D eigenvalue weighted by Gasteiger charge is -2.10. The van der Waals surface area contributed by atoms with E-state index in [1.165, 1.54) is 12.1 Å². The van der Waals surface area contributed by atoms with Gasteiger partial charge in [0.25, 0.3) is 5.56 Å². The molecule has 1 N–H and O–H groups in total. The molecular weight excluding hydrogens is 221 g/mol. The number of aromatic nitrogens is 1. The maximum atomic E-state index is 13.0. The van der Waals surface area contributed by atoms with E-state index in [-0.39, 0.29) is 11.7 Å². The van der Waals surface area contributed by atoms with Crippen LogP contribution in [0.1, 0.15) is 24.6 Å². The molecule has 17 heavy (non-hydrogen) atoms. The molecule has 0 bridgehead atoms. The molecule has 4 heteroatoms. The van der Waals surface area contributed by atoms with Gasteiger partial charge in [0, 0.05) is 17.7 Å². The van der Waals surface area contributed by atoms with Crippen LogP contribution in [0.5, 0.6) is 0 Å². The van der Waals surface area contributed by atoms with Crippen LogP contribution in [-0.4, -0.2) is 11.6 Å². The van der Waals surface area contributed by atoms with Crippen molar-refractivity contribution in [3.05, 3.63) is 46.1 Å². The fraction of sp³-hybridized carbons (Fsp3) is 0.308. The van der Waals surface area contributed by atoms with Gasteiger partial charge < -0.3 is 9.72 Å². The molecule has 1 fully saturated rings. The number of rotatable bonds is 1. The lowest BCUT2D eigenvalue weighted by molar-refractivity contribution is 0.108. The molecule has 0 aliphatic carbocycles. The second-order valence-electron chi connectivity index (χ2n) is 4.29. The van der Waals surface area contributed by atoms with Crippen molar-refractivity contribution in [1.29, 1.82) is 0 Å². The Labute approximate surface area is 97.2 Å². The molecular formula is C13H12FNO2. The fourth-order valence-electron chi connectivity index (χ4n) is 2.25. The summed E-state index contributed by atoms with van der Waals surface area (Å²) in [7, 11) is 0. The first kappa shape index (κ1) is 10.5. The van der Waals surface area contributed by atoms with Gasteiger partial charge in [-0.15, -0.1) is 0 Å². The maximum absolute atomic E-state index is 13.0. The molecule has 1 aromatic carbocycles. The van der Waals surface area contributed by atoms with Gasteiger partial charge in [0.05, 0.1) is 6.10 Å². The van der Waals surface area contributed by atoms with E-state index in [4.69, 9.17) is 4.74 Å². The van der Waals surface area contributed by atoms with Crippen LogP contribution in [0.15, 0.2) is 29.1 Å². The number of aromatic amines is 1. The van der Waals surface area contributed by atoms with E-state index in [1.54, 1.807) is 6.07 Å². The molecule has 1 aliphatic heterocycles. The van der Waals surface area contributed by atoms with Crippen LogP contribution in [0.2, 0.25) is 0 Å². The topological polar surface area (TPSA) is 42.1 Å². The number of ether oxygens (including phenoxy) is 1. The van der Waals surface area contributed by atoms with Crippen molar-refractivity contribution in [2.45, 2.75) is 18.9 Å². The molecule has 3 nitrogen and oxygen atoms in total. The Morgan fingerprint density at radius 1 is 1.35 bits per heavy atom. The van der Waals surface area contributed by atoms with Crippen molar-refractivity contribution >= 4 is 10.8 Å². The summed E-state index contributed by atoms with van der Waals surface area (Å²) in [5.41, 5.74) is 0.527. The standard InChI is InChI=1S/C13H12FNO2/c14-9-4-3-8-6-11(12-2-1-5-17-12)15-13(16)10(8)7-9/h3-4,6-7,12H,1-2,5H2,(H,15,16). The van der Waals surface area contributed by atoms with Gasteiger partial charge >= 0.3 is 0 Å². The van der Waals surface area contributed by atoms with Crippen LogP contribution in [0.3, 0.4) is 0 Å². The minimum Gasteiger partial charge on any atom is -0.372 e. The molecule has 1 unspecified atom stereocenters. The Balaban J connectivity index is 2.17. The van der Waals surface area contributed by atoms with Crippen molar-refractivity contribution in [2.24, 2.45) is 0 Å². The molecule has 2 aromatic rings. The van der Waals surface area contributed by atoms with Crippen LogP contribution in [0, 0.1) is 5.82 Å². The van der Waals surface area contributed by atoms with Crippen LogP contribution in [0.4, 0.5) is 4.39 Å². The number of hydrogen-bond acceptors (Lipinski definition) is 2. The molecule has 1 saturated heterocycles. The summed E-state index contributed by atoms with van der Waals surface area (Å²) in [6.45, 7) is 0.730. The number of nitrogens with one attached hydrogen (secondary N) is 1. The Hall–Kier alpha value is -1.68. The molecule has 0 spiro atoms. The fourth-order valence-corrected chi connectivity index (χ4v) is 2.25. The summed E-state index contributed by atoms with van der Waals surface area (Å²) in [6.07, 6.45) is 1.90. The molecule has 88 valence electrons. The number of hydrogen-bond donors (Lipinski definition) is 1. The summed E-state index contributed by atoms with van der Waals surface area (Å²) in [6, 6.07) is 6.11. The number of fused-ring (bicyclic) bond motifs is 1. The third kappa shape index (κ3) is 1.85. The molecule has 1 aliphatic rings. The van der Waals surface area contributed by atoms with Gasteiger partial charge in [-0.2, -0.15) is 0 Å². The summed E-state index contributed by atoms with van der Waals surface area (Å²) in [4.78, 5) is 14.6. The lowest BCUT2D eigenvalue weighted by atomic mass is 10.1. The van der Waals surface area contributed by atoms with E-state index in [0.717, 1.165) is 30.5 Å². The van der Waals surface area contributed by atoms with E-state index in [0.29, 0.717) is 5.39 Å². The van der Waals surface area contributed by atoms with Gasteiger partial charge in [0.1, 0.15) is 5.82 Å². The summed E-state index contributed by atoms with van der Waals surface area (Å²) < 4.78 is 18.6. The highest BCUT2D eigenvalue weighted by molar-refractivity contribution is 5.81. The molecule has 3 rings (SSSR count). The van der Waals surface area contributed by atoms with Crippen molar-refractivity contribution in [2.75, 3.05) is 6.61 Å². The zero-order valence-electron chi connectivity index (χ0n) is 9.20. The third-order valence-electron chi connectivity index (χ3n) is 3.11. The number of pyridine rings is 1. The Kier molecular flexibility index (Phi) is 2.44. The number of halogens is 1. The zero-order chi connectivity index (χ0) is 11.8. The summed E-state index contributed by atoms with van der Waals surface area (Å²) in [5, 5.41) is 1.13. The first-order valence-corrected chi connectivity index (χ1v) is 5.68. The van der Waals surface area contributed by atoms with Gasteiger partial charge in [0.2, 0.25) is 0 Å². The average molecular weight is 233 g/mol. The molecule has 0 radical (unpaired) electrons. The second-order valence-corrected chi connectivity index (χ2v) is 4.29. The van der Waals surface area contributed by atoms with Gasteiger partial charge in [-0.05, 0) is 36.4 Å². The van der Waals surface area contributed by atoms with Gasteiger partial charge in [-0.3, -0.25) is 4.79 Å². The smallest absolute Gasteiger partial charge is 0.256 e. The van der Waals surface area contributed by atoms with Crippen molar-refractivity contribution in [3.63, 3.8) is 0 Å². The first-order chi connectivity index (χ1) is 8.24. The first-order valence-electron chi connectivity index (χ1n) is 5.68. The SMILES string of the molecule is O=c1[nH]c(C2CCCO2)cc2ccc(F)cc12. The Morgan fingerprint density at radius 2 is 2.24 bits per heavy atom. The van der Waals surface area contributed by atoms with Gasteiger partial charge in [-0.1, -0.05) is 6.07 Å². The predicted octanol–water partition coefficient (Wildman–Crippen LogP) is 2.52. The van der Waals surface area contributed by atoms with E-state index < -0.39 is 5.82 Å². The highest BCUT2D eigenvalue weighted by atomic mass is 19.1. The van der Waals surface area contributed by atoms with E-state index in [9.17, 15) is 9.18 Å². The van der Waals surface area contributed by atoms with Crippen LogP contribution in [0.25, 0.3) is 10.8 Å². The minimum absolute atomic E-state index is 0.0304. The second kappa shape index (κ2) is 3.96. The van der Waals surface area contributed by atoms with Crippen molar-refractivity contribution in [1.82, 2.24) is 4.98 Å². The summed E-state index contributed by atoms with van der Waals surface area (Å²) >= 11 is 0. The lowest BCUT2D eigenvalue weighted by Crippen LogP contribution is -2.12. The minimum atomic E-state index is -0.395. The molecule has 1 aromatic heterocycles. The highest BCUT2D eigenvalue weighted by Crippen LogP contribution is 2.27. The quantitative estimate of drug-likeness (QED) is 0.822. The molecule has 0 saturated carbocycles.